The highest BCUT2D eigenvalue weighted by Gasteiger charge is 2.03. The molecular weight excluding hydrogens is 250 g/mol. The molecule has 0 fully saturated rings. The maximum atomic E-state index is 11.1. The molecule has 0 aromatic heterocycles. The standard InChI is InChI=1S/C17H27NO2/c1-3-20-17(19)12-8-5-9-13-18-15(2)14-16-10-6-4-7-11-16/h4,6-7,10-11,15,18H,3,5,8-9,12-14H2,1-2H3. The third kappa shape index (κ3) is 7.95. The van der Waals surface area contributed by atoms with Crippen molar-refractivity contribution in [1.82, 2.24) is 5.32 Å². The normalized spacial score (nSPS) is 12.1. The van der Waals surface area contributed by atoms with E-state index in [1.54, 1.807) is 0 Å². The Kier molecular flexibility index (Phi) is 8.72. The number of carbonyl (C=O) groups is 1. The topological polar surface area (TPSA) is 38.3 Å². The molecule has 0 radical (unpaired) electrons. The van der Waals surface area contributed by atoms with Gasteiger partial charge in [-0.2, -0.15) is 0 Å². The van der Waals surface area contributed by atoms with Crippen LogP contribution in [0.5, 0.6) is 0 Å². The average molecular weight is 277 g/mol. The number of hydrogen-bond donors (Lipinski definition) is 1. The van der Waals surface area contributed by atoms with Gasteiger partial charge >= 0.3 is 5.97 Å². The van der Waals surface area contributed by atoms with E-state index in [9.17, 15) is 4.79 Å². The van der Waals surface area contributed by atoms with Gasteiger partial charge in [0.2, 0.25) is 0 Å². The van der Waals surface area contributed by atoms with Gasteiger partial charge in [0.15, 0.2) is 0 Å². The van der Waals surface area contributed by atoms with Gasteiger partial charge in [0.1, 0.15) is 0 Å². The summed E-state index contributed by atoms with van der Waals surface area (Å²) in [6, 6.07) is 11.0. The van der Waals surface area contributed by atoms with Gasteiger partial charge in [-0.3, -0.25) is 4.79 Å². The minimum absolute atomic E-state index is 0.0714. The van der Waals surface area contributed by atoms with Crippen LogP contribution in [0.2, 0.25) is 0 Å². The molecule has 0 heterocycles. The predicted molar refractivity (Wildman–Crippen MR) is 82.7 cm³/mol. The van der Waals surface area contributed by atoms with Crippen molar-refractivity contribution in [2.24, 2.45) is 0 Å². The van der Waals surface area contributed by atoms with E-state index in [1.165, 1.54) is 5.56 Å². The van der Waals surface area contributed by atoms with Gasteiger partial charge in [-0.1, -0.05) is 36.8 Å². The molecule has 0 aliphatic carbocycles. The van der Waals surface area contributed by atoms with E-state index in [2.05, 4.69) is 36.5 Å². The first-order valence-corrected chi connectivity index (χ1v) is 7.65. The highest BCUT2D eigenvalue weighted by molar-refractivity contribution is 5.69. The molecule has 3 nitrogen and oxygen atoms in total. The summed E-state index contributed by atoms with van der Waals surface area (Å²) >= 11 is 0. The number of carbonyl (C=O) groups excluding carboxylic acids is 1. The van der Waals surface area contributed by atoms with Crippen LogP contribution in [-0.2, 0) is 16.0 Å². The lowest BCUT2D eigenvalue weighted by Gasteiger charge is -2.13. The molecular formula is C17H27NO2. The zero-order chi connectivity index (χ0) is 14.6. The fraction of sp³-hybridized carbons (Fsp3) is 0.588. The van der Waals surface area contributed by atoms with Crippen molar-refractivity contribution in [3.8, 4) is 0 Å². The van der Waals surface area contributed by atoms with Gasteiger partial charge in [0.05, 0.1) is 6.61 Å². The molecule has 0 bridgehead atoms. The molecule has 1 N–H and O–H groups in total. The van der Waals surface area contributed by atoms with E-state index in [-0.39, 0.29) is 5.97 Å². The van der Waals surface area contributed by atoms with E-state index in [4.69, 9.17) is 4.74 Å². The summed E-state index contributed by atoms with van der Waals surface area (Å²) in [7, 11) is 0. The van der Waals surface area contributed by atoms with Crippen LogP contribution in [-0.4, -0.2) is 25.2 Å². The van der Waals surface area contributed by atoms with Gasteiger partial charge in [-0.15, -0.1) is 0 Å². The molecule has 0 aliphatic heterocycles. The van der Waals surface area contributed by atoms with E-state index >= 15 is 0 Å². The fourth-order valence-corrected chi connectivity index (χ4v) is 2.19. The average Bonchev–Trinajstić information content (AvgIpc) is 2.44. The van der Waals surface area contributed by atoms with Crippen molar-refractivity contribution in [1.29, 1.82) is 0 Å². The van der Waals surface area contributed by atoms with Crippen LogP contribution in [0.25, 0.3) is 0 Å². The summed E-state index contributed by atoms with van der Waals surface area (Å²) in [4.78, 5) is 11.1. The highest BCUT2D eigenvalue weighted by Crippen LogP contribution is 2.04. The molecule has 0 amide bonds. The Balaban J connectivity index is 1.99. The van der Waals surface area contributed by atoms with Crippen LogP contribution in [0.3, 0.4) is 0 Å². The number of rotatable bonds is 10. The summed E-state index contributed by atoms with van der Waals surface area (Å²) < 4.78 is 4.90. The molecule has 20 heavy (non-hydrogen) atoms. The molecule has 1 atom stereocenters. The van der Waals surface area contributed by atoms with Crippen molar-refractivity contribution in [2.45, 2.75) is 52.0 Å². The second kappa shape index (κ2) is 10.4. The maximum absolute atomic E-state index is 11.1. The number of hydrogen-bond acceptors (Lipinski definition) is 3. The molecule has 0 saturated carbocycles. The first-order chi connectivity index (χ1) is 9.72. The quantitative estimate of drug-likeness (QED) is 0.526. The predicted octanol–water partition coefficient (Wildman–Crippen LogP) is 3.33. The van der Waals surface area contributed by atoms with E-state index in [1.807, 2.05) is 13.0 Å². The molecule has 0 saturated heterocycles. The van der Waals surface area contributed by atoms with Crippen LogP contribution < -0.4 is 5.32 Å². The number of benzene rings is 1. The lowest BCUT2D eigenvalue weighted by atomic mass is 10.1. The Hall–Kier alpha value is -1.35. The first kappa shape index (κ1) is 16.7. The first-order valence-electron chi connectivity index (χ1n) is 7.65. The Labute approximate surface area is 122 Å². The molecule has 1 aromatic rings. The molecule has 1 aromatic carbocycles. The van der Waals surface area contributed by atoms with Gasteiger partial charge in [-0.05, 0) is 45.2 Å². The van der Waals surface area contributed by atoms with Crippen molar-refractivity contribution < 1.29 is 9.53 Å². The molecule has 1 rings (SSSR count). The zero-order valence-electron chi connectivity index (χ0n) is 12.7. The lowest BCUT2D eigenvalue weighted by Crippen LogP contribution is -2.28. The fourth-order valence-electron chi connectivity index (χ4n) is 2.19. The van der Waals surface area contributed by atoms with E-state index in [0.29, 0.717) is 19.1 Å². The summed E-state index contributed by atoms with van der Waals surface area (Å²) in [5.41, 5.74) is 1.37. The number of nitrogens with one attached hydrogen (secondary N) is 1. The molecule has 0 spiro atoms. The summed E-state index contributed by atoms with van der Waals surface area (Å²) in [5, 5.41) is 3.53. The van der Waals surface area contributed by atoms with Crippen LogP contribution in [0, 0.1) is 0 Å². The van der Waals surface area contributed by atoms with Gasteiger partial charge in [0.25, 0.3) is 0 Å². The third-order valence-electron chi connectivity index (χ3n) is 3.24. The molecule has 1 unspecified atom stereocenters. The smallest absolute Gasteiger partial charge is 0.305 e. The number of ether oxygens (including phenoxy) is 1. The van der Waals surface area contributed by atoms with Gasteiger partial charge in [0, 0.05) is 12.5 Å². The van der Waals surface area contributed by atoms with Crippen molar-refractivity contribution in [3.05, 3.63) is 35.9 Å². The Morgan fingerprint density at radius 3 is 2.65 bits per heavy atom. The second-order valence-corrected chi connectivity index (χ2v) is 5.16. The van der Waals surface area contributed by atoms with E-state index < -0.39 is 0 Å². The third-order valence-corrected chi connectivity index (χ3v) is 3.24. The Morgan fingerprint density at radius 1 is 1.20 bits per heavy atom. The molecule has 0 aliphatic rings. The van der Waals surface area contributed by atoms with E-state index in [0.717, 1.165) is 32.2 Å². The maximum Gasteiger partial charge on any atom is 0.305 e. The molecule has 3 heteroatoms. The second-order valence-electron chi connectivity index (χ2n) is 5.16. The monoisotopic (exact) mass is 277 g/mol. The summed E-state index contributed by atoms with van der Waals surface area (Å²) in [6.07, 6.45) is 4.72. The van der Waals surface area contributed by atoms with Crippen LogP contribution in [0.4, 0.5) is 0 Å². The Morgan fingerprint density at radius 2 is 1.95 bits per heavy atom. The van der Waals surface area contributed by atoms with Crippen molar-refractivity contribution >= 4 is 5.97 Å². The largest absolute Gasteiger partial charge is 0.466 e. The minimum Gasteiger partial charge on any atom is -0.466 e. The van der Waals surface area contributed by atoms with Crippen LogP contribution in [0.1, 0.15) is 45.1 Å². The zero-order valence-corrected chi connectivity index (χ0v) is 12.7. The summed E-state index contributed by atoms with van der Waals surface area (Å²) in [5.74, 6) is -0.0714. The van der Waals surface area contributed by atoms with Crippen molar-refractivity contribution in [2.75, 3.05) is 13.2 Å². The van der Waals surface area contributed by atoms with Crippen molar-refractivity contribution in [3.63, 3.8) is 0 Å². The van der Waals surface area contributed by atoms with Crippen LogP contribution in [0.15, 0.2) is 30.3 Å². The van der Waals surface area contributed by atoms with Gasteiger partial charge in [-0.25, -0.2) is 0 Å². The summed E-state index contributed by atoms with van der Waals surface area (Å²) in [6.45, 7) is 5.55. The number of unbranched alkanes of at least 4 members (excludes halogenated alkanes) is 2. The van der Waals surface area contributed by atoms with Crippen LogP contribution >= 0.6 is 0 Å². The van der Waals surface area contributed by atoms with Gasteiger partial charge < -0.3 is 10.1 Å². The number of esters is 1. The SMILES string of the molecule is CCOC(=O)CCCCCNC(C)Cc1ccccc1. The molecule has 112 valence electrons. The Bertz CT molecular complexity index is 365. The highest BCUT2D eigenvalue weighted by atomic mass is 16.5. The lowest BCUT2D eigenvalue weighted by molar-refractivity contribution is -0.143. The minimum atomic E-state index is -0.0714.